The first-order valence-electron chi connectivity index (χ1n) is 5.31. The monoisotopic (exact) mass is 252 g/mol. The van der Waals surface area contributed by atoms with E-state index in [0.29, 0.717) is 11.3 Å². The number of esters is 1. The van der Waals surface area contributed by atoms with Gasteiger partial charge in [0.05, 0.1) is 13.7 Å². The summed E-state index contributed by atoms with van der Waals surface area (Å²) in [6.07, 6.45) is 0. The van der Waals surface area contributed by atoms with Crippen LogP contribution in [-0.4, -0.2) is 38.7 Å². The van der Waals surface area contributed by atoms with Crippen LogP contribution in [0, 0.1) is 0 Å². The van der Waals surface area contributed by atoms with Crippen molar-refractivity contribution in [3.63, 3.8) is 0 Å². The number of ether oxygens (including phenoxy) is 2. The quantitative estimate of drug-likeness (QED) is 0.576. The zero-order chi connectivity index (χ0) is 13.5. The minimum atomic E-state index is -0.829. The van der Waals surface area contributed by atoms with Gasteiger partial charge in [0.2, 0.25) is 0 Å². The Hall–Kier alpha value is -2.08. The van der Waals surface area contributed by atoms with E-state index in [2.05, 4.69) is 10.1 Å². The van der Waals surface area contributed by atoms with Gasteiger partial charge in [0.1, 0.15) is 0 Å². The van der Waals surface area contributed by atoms with Crippen LogP contribution in [0.4, 0.5) is 5.69 Å². The first-order chi connectivity index (χ1) is 8.58. The molecular weight excluding hydrogens is 236 g/mol. The van der Waals surface area contributed by atoms with Crippen molar-refractivity contribution in [2.24, 2.45) is 0 Å². The fraction of sp³-hybridized carbons (Fsp3) is 0.333. The number of anilines is 1. The summed E-state index contributed by atoms with van der Waals surface area (Å²) in [5.41, 5.74) is 6.49. The van der Waals surface area contributed by atoms with Gasteiger partial charge in [-0.3, -0.25) is 4.79 Å². The minimum absolute atomic E-state index is 0.0490. The van der Waals surface area contributed by atoms with Crippen molar-refractivity contribution < 1.29 is 19.1 Å². The van der Waals surface area contributed by atoms with Crippen LogP contribution in [0.2, 0.25) is 0 Å². The first-order valence-corrected chi connectivity index (χ1v) is 5.31. The maximum Gasteiger partial charge on any atom is 0.330 e. The van der Waals surface area contributed by atoms with Crippen LogP contribution < -0.4 is 11.1 Å². The number of hydrogen-bond donors (Lipinski definition) is 2. The maximum absolute atomic E-state index is 11.8. The van der Waals surface area contributed by atoms with Gasteiger partial charge in [0.15, 0.2) is 6.04 Å². The Balaban J connectivity index is 2.71. The number of hydrogen-bond acceptors (Lipinski definition) is 5. The first kappa shape index (κ1) is 14.0. The van der Waals surface area contributed by atoms with Gasteiger partial charge in [0.25, 0.3) is 5.91 Å². The van der Waals surface area contributed by atoms with Crippen LogP contribution in [0.5, 0.6) is 0 Å². The lowest BCUT2D eigenvalue weighted by Crippen LogP contribution is -2.44. The molecule has 0 aliphatic heterocycles. The lowest BCUT2D eigenvalue weighted by atomic mass is 10.2. The SMILES string of the molecule is COC[C@H](NC(=O)c1ccc(N)cc1)C(=O)OC. The highest BCUT2D eigenvalue weighted by molar-refractivity contribution is 5.97. The topological polar surface area (TPSA) is 90.6 Å². The molecule has 1 aromatic rings. The molecule has 0 bridgehead atoms. The summed E-state index contributed by atoms with van der Waals surface area (Å²) in [6.45, 7) is 0.0490. The number of amides is 1. The van der Waals surface area contributed by atoms with Crippen molar-refractivity contribution in [1.82, 2.24) is 5.32 Å². The molecule has 3 N–H and O–H groups in total. The standard InChI is InChI=1S/C12H16N2O4/c1-17-7-10(12(16)18-2)14-11(15)8-3-5-9(13)6-4-8/h3-6,10H,7,13H2,1-2H3,(H,14,15)/t10-/m0/s1. The van der Waals surface area contributed by atoms with Gasteiger partial charge in [-0.05, 0) is 24.3 Å². The van der Waals surface area contributed by atoms with Gasteiger partial charge < -0.3 is 20.5 Å². The molecule has 0 fully saturated rings. The summed E-state index contributed by atoms with van der Waals surface area (Å²) >= 11 is 0. The third-order valence-electron chi connectivity index (χ3n) is 2.30. The predicted molar refractivity (Wildman–Crippen MR) is 66.0 cm³/mol. The molecule has 1 atom stereocenters. The molecule has 1 rings (SSSR count). The lowest BCUT2D eigenvalue weighted by molar-refractivity contribution is -0.144. The Kier molecular flexibility index (Phi) is 5.13. The van der Waals surface area contributed by atoms with E-state index in [0.717, 1.165) is 0 Å². The number of methoxy groups -OCH3 is 2. The summed E-state index contributed by atoms with van der Waals surface area (Å²) in [4.78, 5) is 23.2. The molecule has 0 spiro atoms. The molecular formula is C12H16N2O4. The number of nitrogen functional groups attached to an aromatic ring is 1. The Morgan fingerprint density at radius 2 is 1.89 bits per heavy atom. The molecule has 6 nitrogen and oxygen atoms in total. The summed E-state index contributed by atoms with van der Waals surface area (Å²) in [7, 11) is 2.69. The molecule has 1 amide bonds. The zero-order valence-corrected chi connectivity index (χ0v) is 10.3. The van der Waals surface area contributed by atoms with Crippen LogP contribution in [0.1, 0.15) is 10.4 Å². The molecule has 0 aromatic heterocycles. The van der Waals surface area contributed by atoms with Crippen LogP contribution in [0.3, 0.4) is 0 Å². The van der Waals surface area contributed by atoms with E-state index < -0.39 is 12.0 Å². The molecule has 1 aromatic carbocycles. The molecule has 98 valence electrons. The van der Waals surface area contributed by atoms with Crippen LogP contribution in [0.25, 0.3) is 0 Å². The lowest BCUT2D eigenvalue weighted by Gasteiger charge is -2.15. The van der Waals surface area contributed by atoms with Crippen LogP contribution in [-0.2, 0) is 14.3 Å². The van der Waals surface area contributed by atoms with E-state index in [4.69, 9.17) is 10.5 Å². The van der Waals surface area contributed by atoms with Crippen molar-refractivity contribution in [3.05, 3.63) is 29.8 Å². The van der Waals surface area contributed by atoms with Crippen molar-refractivity contribution in [3.8, 4) is 0 Å². The highest BCUT2D eigenvalue weighted by Gasteiger charge is 2.21. The largest absolute Gasteiger partial charge is 0.467 e. The Bertz CT molecular complexity index is 417. The van der Waals surface area contributed by atoms with E-state index in [1.54, 1.807) is 24.3 Å². The second-order valence-corrected chi connectivity index (χ2v) is 3.63. The van der Waals surface area contributed by atoms with Crippen molar-refractivity contribution in [2.75, 3.05) is 26.6 Å². The molecule has 0 radical (unpaired) electrons. The van der Waals surface area contributed by atoms with Crippen molar-refractivity contribution in [1.29, 1.82) is 0 Å². The third-order valence-corrected chi connectivity index (χ3v) is 2.30. The highest BCUT2D eigenvalue weighted by Crippen LogP contribution is 2.05. The van der Waals surface area contributed by atoms with Gasteiger partial charge in [-0.1, -0.05) is 0 Å². The van der Waals surface area contributed by atoms with Gasteiger partial charge in [-0.15, -0.1) is 0 Å². The molecule has 0 aliphatic rings. The number of nitrogens with one attached hydrogen (secondary N) is 1. The fourth-order valence-corrected chi connectivity index (χ4v) is 1.35. The molecule has 6 heteroatoms. The second kappa shape index (κ2) is 6.61. The highest BCUT2D eigenvalue weighted by atomic mass is 16.5. The van der Waals surface area contributed by atoms with Gasteiger partial charge in [-0.2, -0.15) is 0 Å². The second-order valence-electron chi connectivity index (χ2n) is 3.63. The van der Waals surface area contributed by atoms with Gasteiger partial charge >= 0.3 is 5.97 Å². The fourth-order valence-electron chi connectivity index (χ4n) is 1.35. The number of carbonyl (C=O) groups excluding carboxylic acids is 2. The summed E-state index contributed by atoms with van der Waals surface area (Å²) in [5.74, 6) is -0.942. The number of carbonyl (C=O) groups is 2. The number of rotatable bonds is 5. The van der Waals surface area contributed by atoms with Crippen molar-refractivity contribution >= 4 is 17.6 Å². The summed E-state index contributed by atoms with van der Waals surface area (Å²) < 4.78 is 9.41. The predicted octanol–water partition coefficient (Wildman–Crippen LogP) is 0.187. The van der Waals surface area contributed by atoms with E-state index in [1.807, 2.05) is 0 Å². The molecule has 18 heavy (non-hydrogen) atoms. The smallest absolute Gasteiger partial charge is 0.330 e. The average Bonchev–Trinajstić information content (AvgIpc) is 2.38. The molecule has 0 saturated carbocycles. The van der Waals surface area contributed by atoms with E-state index in [1.165, 1.54) is 14.2 Å². The normalized spacial score (nSPS) is 11.7. The van der Waals surface area contributed by atoms with Gasteiger partial charge in [0, 0.05) is 18.4 Å². The Morgan fingerprint density at radius 1 is 1.28 bits per heavy atom. The van der Waals surface area contributed by atoms with Crippen LogP contribution in [0.15, 0.2) is 24.3 Å². The van der Waals surface area contributed by atoms with Gasteiger partial charge in [-0.25, -0.2) is 4.79 Å². The molecule has 0 heterocycles. The Morgan fingerprint density at radius 3 is 2.39 bits per heavy atom. The number of benzene rings is 1. The Labute approximate surface area is 105 Å². The van der Waals surface area contributed by atoms with E-state index >= 15 is 0 Å². The van der Waals surface area contributed by atoms with E-state index in [9.17, 15) is 9.59 Å². The van der Waals surface area contributed by atoms with E-state index in [-0.39, 0.29) is 12.5 Å². The molecule has 0 aliphatic carbocycles. The average molecular weight is 252 g/mol. The number of nitrogens with two attached hydrogens (primary N) is 1. The summed E-state index contributed by atoms with van der Waals surface area (Å²) in [6, 6.07) is 5.54. The summed E-state index contributed by atoms with van der Waals surface area (Å²) in [5, 5.41) is 2.53. The van der Waals surface area contributed by atoms with Crippen molar-refractivity contribution in [2.45, 2.75) is 6.04 Å². The maximum atomic E-state index is 11.8. The molecule has 0 unspecified atom stereocenters. The zero-order valence-electron chi connectivity index (χ0n) is 10.3. The molecule has 0 saturated heterocycles. The minimum Gasteiger partial charge on any atom is -0.467 e. The third kappa shape index (κ3) is 3.74. The van der Waals surface area contributed by atoms with Crippen LogP contribution >= 0.6 is 0 Å².